The Bertz CT molecular complexity index is 475. The highest BCUT2D eigenvalue weighted by molar-refractivity contribution is 5.11. The van der Waals surface area contributed by atoms with Crippen molar-refractivity contribution in [3.63, 3.8) is 0 Å². The van der Waals surface area contributed by atoms with Crippen molar-refractivity contribution in [2.45, 2.75) is 81.0 Å². The second kappa shape index (κ2) is 8.24. The van der Waals surface area contributed by atoms with E-state index < -0.39 is 55.0 Å². The van der Waals surface area contributed by atoms with Crippen molar-refractivity contribution < 1.29 is 57.8 Å². The summed E-state index contributed by atoms with van der Waals surface area (Å²) in [4.78, 5) is 0. The van der Waals surface area contributed by atoms with Gasteiger partial charge < -0.3 is 5.11 Å². The zero-order chi connectivity index (χ0) is 21.9. The number of aliphatic hydroxyl groups excluding tert-OH is 1. The van der Waals surface area contributed by atoms with Crippen molar-refractivity contribution in [2.75, 3.05) is 6.61 Å². The van der Waals surface area contributed by atoms with E-state index in [-0.39, 0.29) is 12.8 Å². The summed E-state index contributed by atoms with van der Waals surface area (Å²) in [5.41, 5.74) is 0. The minimum Gasteiger partial charge on any atom is -0.390 e. The van der Waals surface area contributed by atoms with Crippen LogP contribution >= 0.6 is 0 Å². The molecule has 0 bridgehead atoms. The lowest BCUT2D eigenvalue weighted by molar-refractivity contribution is -0.427. The van der Waals surface area contributed by atoms with E-state index >= 15 is 0 Å². The summed E-state index contributed by atoms with van der Waals surface area (Å²) >= 11 is 0. The first-order valence-electron chi connectivity index (χ1n) is 7.75. The van der Waals surface area contributed by atoms with Crippen LogP contribution in [0.3, 0.4) is 0 Å². The van der Waals surface area contributed by atoms with Crippen LogP contribution in [-0.2, 0) is 0 Å². The maximum absolute atomic E-state index is 13.5. The van der Waals surface area contributed by atoms with Crippen LogP contribution in [-0.4, -0.2) is 47.2 Å². The predicted octanol–water partition coefficient (Wildman–Crippen LogP) is 6.15. The number of hydrogen-bond acceptors (Lipinski definition) is 1. The van der Waals surface area contributed by atoms with E-state index in [1.165, 1.54) is 0 Å². The molecule has 0 spiro atoms. The first kappa shape index (κ1) is 26.1. The van der Waals surface area contributed by atoms with Gasteiger partial charge in [-0.3, -0.25) is 0 Å². The number of halogens is 12. The minimum absolute atomic E-state index is 0.153. The SMILES string of the molecule is CCCCCCCC(F)(F)C(F)(F)C(F)(F)C(F)(F)C(F)(F)C(F)(F)CO. The van der Waals surface area contributed by atoms with Gasteiger partial charge in [-0.05, 0) is 6.42 Å². The fourth-order valence-corrected chi connectivity index (χ4v) is 2.06. The van der Waals surface area contributed by atoms with Gasteiger partial charge in [0.15, 0.2) is 0 Å². The fraction of sp³-hybridized carbons (Fsp3) is 1.00. The first-order chi connectivity index (χ1) is 11.9. The van der Waals surface area contributed by atoms with Gasteiger partial charge in [-0.15, -0.1) is 0 Å². The summed E-state index contributed by atoms with van der Waals surface area (Å²) in [6.45, 7) is -1.40. The zero-order valence-electron chi connectivity index (χ0n) is 13.9. The largest absolute Gasteiger partial charge is 0.390 e. The molecule has 0 aliphatic heterocycles. The van der Waals surface area contributed by atoms with Crippen molar-refractivity contribution in [3.8, 4) is 0 Å². The monoisotopic (exact) mass is 430 g/mol. The molecule has 1 nitrogen and oxygen atoms in total. The number of unbranched alkanes of at least 4 members (excludes halogenated alkanes) is 4. The molecule has 0 aromatic rings. The average molecular weight is 430 g/mol. The molecule has 0 heterocycles. The molecule has 164 valence electrons. The molecule has 1 N–H and O–H groups in total. The summed E-state index contributed by atoms with van der Waals surface area (Å²) in [7, 11) is 0. The molecule has 0 atom stereocenters. The predicted molar refractivity (Wildman–Crippen MR) is 70.1 cm³/mol. The van der Waals surface area contributed by atoms with Crippen LogP contribution in [0.2, 0.25) is 0 Å². The van der Waals surface area contributed by atoms with Gasteiger partial charge >= 0.3 is 35.5 Å². The smallest absolute Gasteiger partial charge is 0.384 e. The molecule has 0 aromatic carbocycles. The van der Waals surface area contributed by atoms with Crippen molar-refractivity contribution >= 4 is 0 Å². The Hall–Kier alpha value is -0.880. The van der Waals surface area contributed by atoms with Crippen molar-refractivity contribution in [3.05, 3.63) is 0 Å². The summed E-state index contributed by atoms with van der Waals surface area (Å²) in [5, 5.41) is 7.96. The summed E-state index contributed by atoms with van der Waals surface area (Å²) < 4.78 is 159. The summed E-state index contributed by atoms with van der Waals surface area (Å²) in [5.74, 6) is -41.6. The third-order valence-electron chi connectivity index (χ3n) is 3.89. The lowest BCUT2D eigenvalue weighted by Gasteiger charge is -2.41. The highest BCUT2D eigenvalue weighted by Crippen LogP contribution is 2.60. The molecule has 0 saturated carbocycles. The van der Waals surface area contributed by atoms with E-state index in [1.807, 2.05) is 0 Å². The van der Waals surface area contributed by atoms with Crippen LogP contribution in [0.25, 0.3) is 0 Å². The van der Waals surface area contributed by atoms with Gasteiger partial charge in [0.25, 0.3) is 0 Å². The van der Waals surface area contributed by atoms with Gasteiger partial charge in [0.1, 0.15) is 6.61 Å². The third kappa shape index (κ3) is 4.42. The lowest BCUT2D eigenvalue weighted by Crippen LogP contribution is -2.71. The van der Waals surface area contributed by atoms with E-state index in [0.29, 0.717) is 12.8 Å². The summed E-state index contributed by atoms with van der Waals surface area (Å²) in [6.07, 6.45) is -1.68. The van der Waals surface area contributed by atoms with Crippen molar-refractivity contribution in [1.82, 2.24) is 0 Å². The van der Waals surface area contributed by atoms with Gasteiger partial charge in [-0.1, -0.05) is 32.6 Å². The number of rotatable bonds is 12. The minimum atomic E-state index is -7.60. The topological polar surface area (TPSA) is 20.2 Å². The molecule has 0 unspecified atom stereocenters. The quantitative estimate of drug-likeness (QED) is 0.291. The standard InChI is InChI=1S/C14H18F12O/c1-2-3-4-5-6-7-9(15,16)11(19,20)13(23,24)14(25,26)12(21,22)10(17,18)8-27/h27H,2-8H2,1H3. The van der Waals surface area contributed by atoms with E-state index in [2.05, 4.69) is 0 Å². The van der Waals surface area contributed by atoms with E-state index in [0.717, 1.165) is 0 Å². The molecular formula is C14H18F12O. The second-order valence-electron chi connectivity index (χ2n) is 6.03. The molecule has 0 aliphatic rings. The number of aliphatic hydroxyl groups is 1. The Morgan fingerprint density at radius 1 is 0.519 bits per heavy atom. The zero-order valence-corrected chi connectivity index (χ0v) is 13.9. The first-order valence-corrected chi connectivity index (χ1v) is 7.75. The van der Waals surface area contributed by atoms with Crippen molar-refractivity contribution in [2.24, 2.45) is 0 Å². The maximum atomic E-state index is 13.5. The van der Waals surface area contributed by atoms with Crippen LogP contribution < -0.4 is 0 Å². The molecule has 0 saturated heterocycles. The molecule has 0 fully saturated rings. The highest BCUT2D eigenvalue weighted by atomic mass is 19.4. The molecule has 0 amide bonds. The van der Waals surface area contributed by atoms with Crippen LogP contribution in [0.5, 0.6) is 0 Å². The normalized spacial score (nSPS) is 15.3. The van der Waals surface area contributed by atoms with Crippen molar-refractivity contribution in [1.29, 1.82) is 0 Å². The van der Waals surface area contributed by atoms with Gasteiger partial charge in [0.05, 0.1) is 0 Å². The fourth-order valence-electron chi connectivity index (χ4n) is 2.06. The second-order valence-corrected chi connectivity index (χ2v) is 6.03. The molecule has 0 rings (SSSR count). The molecule has 0 aliphatic carbocycles. The van der Waals surface area contributed by atoms with E-state index in [9.17, 15) is 52.7 Å². The molecule has 0 radical (unpaired) electrons. The van der Waals surface area contributed by atoms with E-state index in [4.69, 9.17) is 5.11 Å². The molecular weight excluding hydrogens is 412 g/mol. The summed E-state index contributed by atoms with van der Waals surface area (Å²) in [6, 6.07) is 0. The van der Waals surface area contributed by atoms with Gasteiger partial charge in [0.2, 0.25) is 0 Å². The van der Waals surface area contributed by atoms with Crippen LogP contribution in [0.4, 0.5) is 52.7 Å². The Morgan fingerprint density at radius 2 is 0.889 bits per heavy atom. The van der Waals surface area contributed by atoms with Gasteiger partial charge in [-0.2, -0.15) is 52.7 Å². The number of hydrogen-bond donors (Lipinski definition) is 1. The Balaban J connectivity index is 5.73. The Labute approximate surface area is 146 Å². The highest BCUT2D eigenvalue weighted by Gasteiger charge is 2.89. The molecule has 13 heteroatoms. The number of alkyl halides is 12. The average Bonchev–Trinajstić information content (AvgIpc) is 2.53. The van der Waals surface area contributed by atoms with Crippen LogP contribution in [0.1, 0.15) is 45.4 Å². The van der Waals surface area contributed by atoms with Gasteiger partial charge in [0, 0.05) is 6.42 Å². The molecule has 27 heavy (non-hydrogen) atoms. The van der Waals surface area contributed by atoms with Gasteiger partial charge in [-0.25, -0.2) is 0 Å². The Kier molecular flexibility index (Phi) is 7.97. The lowest BCUT2D eigenvalue weighted by atomic mass is 9.89. The molecule has 0 aromatic heterocycles. The maximum Gasteiger partial charge on any atom is 0.384 e. The van der Waals surface area contributed by atoms with E-state index in [1.54, 1.807) is 6.92 Å². The third-order valence-corrected chi connectivity index (χ3v) is 3.89. The van der Waals surface area contributed by atoms with Crippen LogP contribution in [0, 0.1) is 0 Å². The van der Waals surface area contributed by atoms with Crippen LogP contribution in [0.15, 0.2) is 0 Å². The Morgan fingerprint density at radius 3 is 1.26 bits per heavy atom.